The van der Waals surface area contributed by atoms with Gasteiger partial charge in [-0.3, -0.25) is 0 Å². The van der Waals surface area contributed by atoms with E-state index < -0.39 is 11.6 Å². The van der Waals surface area contributed by atoms with E-state index in [2.05, 4.69) is 15.4 Å². The van der Waals surface area contributed by atoms with Gasteiger partial charge in [0.2, 0.25) is 0 Å². The van der Waals surface area contributed by atoms with Crippen molar-refractivity contribution in [1.82, 2.24) is 25.2 Å². The molecule has 1 unspecified atom stereocenters. The Hall–Kier alpha value is -2.51. The zero-order valence-electron chi connectivity index (χ0n) is 15.6. The van der Waals surface area contributed by atoms with Crippen LogP contribution in [0.3, 0.4) is 0 Å². The summed E-state index contributed by atoms with van der Waals surface area (Å²) in [5.74, 6) is -0.314. The Kier molecular flexibility index (Phi) is 4.10. The molecule has 5 rings (SSSR count). The van der Waals surface area contributed by atoms with Crippen LogP contribution < -0.4 is 0 Å². The molecule has 3 aliphatic rings. The first-order valence-corrected chi connectivity index (χ1v) is 9.85. The Morgan fingerprint density at radius 3 is 2.79 bits per heavy atom. The van der Waals surface area contributed by atoms with Crippen LogP contribution in [-0.4, -0.2) is 57.4 Å². The van der Waals surface area contributed by atoms with E-state index in [9.17, 15) is 13.6 Å². The molecular weight excluding hydrogens is 364 g/mol. The third kappa shape index (κ3) is 3.04. The number of carbonyl (C=O) groups excluding carboxylic acids is 1. The molecule has 2 aliphatic heterocycles. The quantitative estimate of drug-likeness (QED) is 0.881. The lowest BCUT2D eigenvalue weighted by Crippen LogP contribution is -2.65. The first-order chi connectivity index (χ1) is 13.5. The summed E-state index contributed by atoms with van der Waals surface area (Å²) in [5, 5.41) is 10.6. The standard InChI is InChI=1S/C20H23F2N5O/c21-16-2-1-14(17(22)6-16)5-13-7-20(8-13)11-27(12-20)19(28)26-4-3-15(10-26)18-9-23-25-24-18/h1-2,6,9,13,15H,3-5,7-8,10-12H2,(H,23,24,25). The summed E-state index contributed by atoms with van der Waals surface area (Å²) in [4.78, 5) is 16.6. The number of likely N-dealkylation sites (tertiary alicyclic amines) is 2. The number of nitrogens with zero attached hydrogens (tertiary/aromatic N) is 4. The third-order valence-corrected chi connectivity index (χ3v) is 6.60. The van der Waals surface area contributed by atoms with Crippen molar-refractivity contribution in [2.24, 2.45) is 11.3 Å². The van der Waals surface area contributed by atoms with Gasteiger partial charge in [0.25, 0.3) is 0 Å². The molecule has 1 spiro atoms. The molecule has 6 nitrogen and oxygen atoms in total. The number of aromatic nitrogens is 3. The molecule has 1 aromatic carbocycles. The largest absolute Gasteiger partial charge is 0.324 e. The lowest BCUT2D eigenvalue weighted by atomic mass is 9.56. The van der Waals surface area contributed by atoms with Crippen LogP contribution in [0.5, 0.6) is 0 Å². The number of H-pyrrole nitrogens is 1. The Morgan fingerprint density at radius 1 is 1.25 bits per heavy atom. The molecule has 1 N–H and O–H groups in total. The summed E-state index contributed by atoms with van der Waals surface area (Å²) in [6.45, 7) is 3.03. The maximum Gasteiger partial charge on any atom is 0.320 e. The molecule has 1 aromatic heterocycles. The molecule has 2 amide bonds. The Balaban J connectivity index is 1.10. The summed E-state index contributed by atoms with van der Waals surface area (Å²) < 4.78 is 26.9. The number of rotatable bonds is 3. The van der Waals surface area contributed by atoms with Crippen LogP contribution in [0.2, 0.25) is 0 Å². The molecule has 2 aromatic rings. The fourth-order valence-electron chi connectivity index (χ4n) is 5.25. The summed E-state index contributed by atoms with van der Waals surface area (Å²) in [5.41, 5.74) is 1.72. The maximum atomic E-state index is 13.8. The molecule has 1 saturated carbocycles. The lowest BCUT2D eigenvalue weighted by Gasteiger charge is -2.59. The molecule has 2 saturated heterocycles. The second-order valence-electron chi connectivity index (χ2n) is 8.68. The highest BCUT2D eigenvalue weighted by molar-refractivity contribution is 5.76. The minimum Gasteiger partial charge on any atom is -0.324 e. The molecular formula is C20H23F2N5O. The van der Waals surface area contributed by atoms with Gasteiger partial charge in [0, 0.05) is 43.6 Å². The number of carbonyl (C=O) groups is 1. The van der Waals surface area contributed by atoms with Crippen molar-refractivity contribution in [1.29, 1.82) is 0 Å². The lowest BCUT2D eigenvalue weighted by molar-refractivity contribution is -0.0755. The highest BCUT2D eigenvalue weighted by Crippen LogP contribution is 2.53. The average Bonchev–Trinajstić information content (AvgIpc) is 3.28. The summed E-state index contributed by atoms with van der Waals surface area (Å²) in [7, 11) is 0. The molecule has 0 radical (unpaired) electrons. The number of hydrogen-bond donors (Lipinski definition) is 1. The van der Waals surface area contributed by atoms with Gasteiger partial charge < -0.3 is 9.80 Å². The van der Waals surface area contributed by atoms with Gasteiger partial charge in [-0.15, -0.1) is 0 Å². The second-order valence-corrected chi connectivity index (χ2v) is 8.68. The maximum absolute atomic E-state index is 13.8. The van der Waals surface area contributed by atoms with Gasteiger partial charge in [-0.1, -0.05) is 6.07 Å². The van der Waals surface area contributed by atoms with E-state index in [0.29, 0.717) is 24.4 Å². The summed E-state index contributed by atoms with van der Waals surface area (Å²) in [6, 6.07) is 3.93. The van der Waals surface area contributed by atoms with Crippen molar-refractivity contribution in [2.75, 3.05) is 26.2 Å². The molecule has 0 bridgehead atoms. The number of amides is 2. The topological polar surface area (TPSA) is 65.1 Å². The number of benzene rings is 1. The van der Waals surface area contributed by atoms with E-state index in [4.69, 9.17) is 0 Å². The van der Waals surface area contributed by atoms with Gasteiger partial charge >= 0.3 is 6.03 Å². The molecule has 1 atom stereocenters. The number of urea groups is 1. The molecule has 3 fully saturated rings. The zero-order valence-corrected chi connectivity index (χ0v) is 15.6. The van der Waals surface area contributed by atoms with E-state index in [1.807, 2.05) is 9.80 Å². The second kappa shape index (κ2) is 6.53. The van der Waals surface area contributed by atoms with Crippen molar-refractivity contribution in [3.8, 4) is 0 Å². The van der Waals surface area contributed by atoms with E-state index >= 15 is 0 Å². The van der Waals surface area contributed by atoms with Gasteiger partial charge in [-0.2, -0.15) is 15.4 Å². The van der Waals surface area contributed by atoms with Crippen molar-refractivity contribution < 1.29 is 13.6 Å². The minimum absolute atomic E-state index is 0.115. The smallest absolute Gasteiger partial charge is 0.320 e. The SMILES string of the molecule is O=C(N1CCC(c2cn[nH]n2)C1)N1CC2(CC(Cc3ccc(F)cc3F)C2)C1. The number of aromatic amines is 1. The van der Waals surface area contributed by atoms with Crippen LogP contribution in [0.1, 0.15) is 36.4 Å². The van der Waals surface area contributed by atoms with Crippen molar-refractivity contribution in [3.05, 3.63) is 47.3 Å². The molecule has 1 aliphatic carbocycles. The van der Waals surface area contributed by atoms with Crippen LogP contribution in [0.15, 0.2) is 24.4 Å². The normalized spacial score (nSPS) is 23.7. The van der Waals surface area contributed by atoms with E-state index in [-0.39, 0.29) is 17.4 Å². The van der Waals surface area contributed by atoms with Gasteiger partial charge in [0.15, 0.2) is 0 Å². The van der Waals surface area contributed by atoms with Crippen molar-refractivity contribution in [3.63, 3.8) is 0 Å². The van der Waals surface area contributed by atoms with Gasteiger partial charge in [0.05, 0.1) is 11.9 Å². The van der Waals surface area contributed by atoms with E-state index in [1.54, 1.807) is 12.3 Å². The number of halogens is 2. The predicted octanol–water partition coefficient (Wildman–Crippen LogP) is 2.95. The van der Waals surface area contributed by atoms with E-state index in [1.165, 1.54) is 6.07 Å². The first kappa shape index (κ1) is 17.6. The fourth-order valence-corrected chi connectivity index (χ4v) is 5.25. The van der Waals surface area contributed by atoms with Crippen LogP contribution in [-0.2, 0) is 6.42 Å². The van der Waals surface area contributed by atoms with Gasteiger partial charge in [0.1, 0.15) is 11.6 Å². The monoisotopic (exact) mass is 387 g/mol. The molecule has 8 heteroatoms. The van der Waals surface area contributed by atoms with Gasteiger partial charge in [-0.25, -0.2) is 13.6 Å². The minimum atomic E-state index is -0.535. The van der Waals surface area contributed by atoms with Crippen LogP contribution in [0.25, 0.3) is 0 Å². The highest BCUT2D eigenvalue weighted by atomic mass is 19.1. The van der Waals surface area contributed by atoms with Crippen LogP contribution in [0.4, 0.5) is 13.6 Å². The fraction of sp³-hybridized carbons (Fsp3) is 0.550. The van der Waals surface area contributed by atoms with Crippen LogP contribution in [0, 0.1) is 23.0 Å². The summed E-state index contributed by atoms with van der Waals surface area (Å²) >= 11 is 0. The van der Waals surface area contributed by atoms with Crippen LogP contribution >= 0.6 is 0 Å². The Bertz CT molecular complexity index is 873. The van der Waals surface area contributed by atoms with Crippen molar-refractivity contribution in [2.45, 2.75) is 31.6 Å². The molecule has 148 valence electrons. The van der Waals surface area contributed by atoms with Gasteiger partial charge in [-0.05, 0) is 43.2 Å². The average molecular weight is 387 g/mol. The molecule has 28 heavy (non-hydrogen) atoms. The van der Waals surface area contributed by atoms with Crippen molar-refractivity contribution >= 4 is 6.03 Å². The zero-order chi connectivity index (χ0) is 19.3. The Morgan fingerprint density at radius 2 is 2.07 bits per heavy atom. The number of nitrogens with one attached hydrogen (secondary N) is 1. The third-order valence-electron chi connectivity index (χ3n) is 6.60. The summed E-state index contributed by atoms with van der Waals surface area (Å²) in [6.07, 6.45) is 5.32. The first-order valence-electron chi connectivity index (χ1n) is 9.85. The molecule has 3 heterocycles. The highest BCUT2D eigenvalue weighted by Gasteiger charge is 2.54. The predicted molar refractivity (Wildman–Crippen MR) is 97.5 cm³/mol. The Labute approximate surface area is 161 Å². The van der Waals surface area contributed by atoms with E-state index in [0.717, 1.165) is 50.7 Å². The number of hydrogen-bond acceptors (Lipinski definition) is 3.